The minimum atomic E-state index is -0.649. The van der Waals surface area contributed by atoms with Crippen molar-refractivity contribution in [1.29, 1.82) is 0 Å². The second-order valence-electron chi connectivity index (χ2n) is 5.25. The summed E-state index contributed by atoms with van der Waals surface area (Å²) >= 11 is 0. The summed E-state index contributed by atoms with van der Waals surface area (Å²) in [5.74, 6) is 0.292. The fourth-order valence-corrected chi connectivity index (χ4v) is 2.61. The molecule has 0 amide bonds. The van der Waals surface area contributed by atoms with Gasteiger partial charge in [0.2, 0.25) is 0 Å². The van der Waals surface area contributed by atoms with Crippen LogP contribution in [0.1, 0.15) is 5.56 Å². The SMILES string of the molecule is COc1ccc(C=CC(=O)O[C@H]2CO[C@H]3[C@@H]2OC[C@H]3O)cc1. The summed E-state index contributed by atoms with van der Waals surface area (Å²) in [6.45, 7) is 0.458. The molecule has 0 aromatic heterocycles. The first kappa shape index (κ1) is 15.0. The Morgan fingerprint density at radius 2 is 1.95 bits per heavy atom. The molecule has 0 saturated carbocycles. The molecular formula is C16H18O6. The van der Waals surface area contributed by atoms with E-state index in [1.54, 1.807) is 13.2 Å². The lowest BCUT2D eigenvalue weighted by atomic mass is 10.1. The molecule has 1 aromatic rings. The van der Waals surface area contributed by atoms with E-state index in [-0.39, 0.29) is 19.3 Å². The number of ether oxygens (including phenoxy) is 4. The molecule has 22 heavy (non-hydrogen) atoms. The molecule has 2 aliphatic rings. The van der Waals surface area contributed by atoms with Gasteiger partial charge in [0, 0.05) is 6.08 Å². The van der Waals surface area contributed by atoms with Crippen LogP contribution in [0.4, 0.5) is 0 Å². The molecule has 0 unspecified atom stereocenters. The standard InChI is InChI=1S/C16H18O6/c1-19-11-5-2-10(3-6-11)4-7-14(18)22-13-9-21-15-12(17)8-20-16(13)15/h2-7,12-13,15-17H,8-9H2,1H3/t12-,13+,15-,16-/m1/s1. The van der Waals surface area contributed by atoms with E-state index in [9.17, 15) is 9.90 Å². The summed E-state index contributed by atoms with van der Waals surface area (Å²) in [6.07, 6.45) is 1.12. The Morgan fingerprint density at radius 1 is 1.23 bits per heavy atom. The molecule has 2 saturated heterocycles. The summed E-state index contributed by atoms with van der Waals surface area (Å²) in [5, 5.41) is 9.63. The lowest BCUT2D eigenvalue weighted by Gasteiger charge is -2.15. The van der Waals surface area contributed by atoms with E-state index in [4.69, 9.17) is 18.9 Å². The molecule has 4 atom stereocenters. The molecule has 0 radical (unpaired) electrons. The van der Waals surface area contributed by atoms with E-state index in [1.807, 2.05) is 24.3 Å². The second-order valence-corrected chi connectivity index (χ2v) is 5.25. The zero-order valence-electron chi connectivity index (χ0n) is 12.2. The van der Waals surface area contributed by atoms with Gasteiger partial charge in [0.05, 0.1) is 20.3 Å². The third-order valence-corrected chi connectivity index (χ3v) is 3.78. The number of aliphatic hydroxyl groups is 1. The number of aliphatic hydroxyl groups excluding tert-OH is 1. The number of fused-ring (bicyclic) bond motifs is 1. The van der Waals surface area contributed by atoms with Crippen LogP contribution in [0.25, 0.3) is 6.08 Å². The van der Waals surface area contributed by atoms with Gasteiger partial charge >= 0.3 is 5.97 Å². The van der Waals surface area contributed by atoms with Gasteiger partial charge in [0.15, 0.2) is 6.10 Å². The molecule has 1 aromatic carbocycles. The molecule has 0 aliphatic carbocycles. The van der Waals surface area contributed by atoms with Crippen molar-refractivity contribution in [2.45, 2.75) is 24.4 Å². The highest BCUT2D eigenvalue weighted by Crippen LogP contribution is 2.28. The predicted molar refractivity (Wildman–Crippen MR) is 77.4 cm³/mol. The molecule has 6 nitrogen and oxygen atoms in total. The second kappa shape index (κ2) is 6.48. The third kappa shape index (κ3) is 3.14. The topological polar surface area (TPSA) is 74.2 Å². The van der Waals surface area contributed by atoms with E-state index in [1.165, 1.54) is 6.08 Å². The molecular weight excluding hydrogens is 288 g/mol. The molecule has 1 N–H and O–H groups in total. The molecule has 0 bridgehead atoms. The first-order valence-electron chi connectivity index (χ1n) is 7.11. The van der Waals surface area contributed by atoms with Gasteiger partial charge in [-0.1, -0.05) is 12.1 Å². The number of benzene rings is 1. The number of esters is 1. The van der Waals surface area contributed by atoms with Crippen LogP contribution < -0.4 is 4.74 Å². The van der Waals surface area contributed by atoms with Gasteiger partial charge in [0.25, 0.3) is 0 Å². The average Bonchev–Trinajstić information content (AvgIpc) is 3.10. The monoisotopic (exact) mass is 306 g/mol. The molecule has 6 heteroatoms. The van der Waals surface area contributed by atoms with Gasteiger partial charge in [0.1, 0.15) is 24.1 Å². The first-order valence-corrected chi connectivity index (χ1v) is 7.11. The third-order valence-electron chi connectivity index (χ3n) is 3.78. The lowest BCUT2D eigenvalue weighted by molar-refractivity contribution is -0.147. The molecule has 3 rings (SSSR count). The summed E-state index contributed by atoms with van der Waals surface area (Å²) in [4.78, 5) is 11.9. The van der Waals surface area contributed by atoms with Crippen LogP contribution in [0.3, 0.4) is 0 Å². The van der Waals surface area contributed by atoms with Crippen molar-refractivity contribution in [2.75, 3.05) is 20.3 Å². The van der Waals surface area contributed by atoms with Crippen molar-refractivity contribution in [3.63, 3.8) is 0 Å². The highest BCUT2D eigenvalue weighted by molar-refractivity contribution is 5.87. The van der Waals surface area contributed by atoms with Crippen LogP contribution in [-0.2, 0) is 19.0 Å². The van der Waals surface area contributed by atoms with Crippen LogP contribution in [-0.4, -0.2) is 55.8 Å². The largest absolute Gasteiger partial charge is 0.497 e. The van der Waals surface area contributed by atoms with Crippen molar-refractivity contribution in [3.8, 4) is 5.75 Å². The molecule has 0 spiro atoms. The lowest BCUT2D eigenvalue weighted by Crippen LogP contribution is -2.33. The Hall–Kier alpha value is -1.89. The van der Waals surface area contributed by atoms with Gasteiger partial charge in [-0.2, -0.15) is 0 Å². The number of hydrogen-bond acceptors (Lipinski definition) is 6. The quantitative estimate of drug-likeness (QED) is 0.654. The Bertz CT molecular complexity index is 552. The Kier molecular flexibility index (Phi) is 4.42. The molecule has 118 valence electrons. The summed E-state index contributed by atoms with van der Waals surface area (Å²) in [6, 6.07) is 7.31. The van der Waals surface area contributed by atoms with E-state index < -0.39 is 24.3 Å². The van der Waals surface area contributed by atoms with Crippen molar-refractivity contribution in [3.05, 3.63) is 35.9 Å². The highest BCUT2D eigenvalue weighted by Gasteiger charge is 2.48. The van der Waals surface area contributed by atoms with Crippen molar-refractivity contribution >= 4 is 12.0 Å². The van der Waals surface area contributed by atoms with Gasteiger partial charge in [-0.05, 0) is 23.8 Å². The van der Waals surface area contributed by atoms with Crippen LogP contribution in [0.2, 0.25) is 0 Å². The van der Waals surface area contributed by atoms with Crippen LogP contribution in [0.15, 0.2) is 30.3 Å². The molecule has 2 fully saturated rings. The predicted octanol–water partition coefficient (Wildman–Crippen LogP) is 0.779. The summed E-state index contributed by atoms with van der Waals surface area (Å²) in [7, 11) is 1.60. The number of carbonyl (C=O) groups is 1. The minimum absolute atomic E-state index is 0.213. The van der Waals surface area contributed by atoms with Crippen LogP contribution >= 0.6 is 0 Å². The van der Waals surface area contributed by atoms with Gasteiger partial charge in [-0.25, -0.2) is 4.79 Å². The number of hydrogen-bond donors (Lipinski definition) is 1. The number of rotatable bonds is 4. The van der Waals surface area contributed by atoms with Gasteiger partial charge in [-0.3, -0.25) is 0 Å². The Balaban J connectivity index is 1.55. The van der Waals surface area contributed by atoms with E-state index >= 15 is 0 Å². The maximum Gasteiger partial charge on any atom is 0.331 e. The highest BCUT2D eigenvalue weighted by atomic mass is 16.6. The van der Waals surface area contributed by atoms with Crippen molar-refractivity contribution in [2.24, 2.45) is 0 Å². The first-order chi connectivity index (χ1) is 10.7. The van der Waals surface area contributed by atoms with Gasteiger partial charge < -0.3 is 24.1 Å². The fourth-order valence-electron chi connectivity index (χ4n) is 2.61. The Labute approximate surface area is 128 Å². The van der Waals surface area contributed by atoms with E-state index in [0.717, 1.165) is 11.3 Å². The smallest absolute Gasteiger partial charge is 0.331 e. The Morgan fingerprint density at radius 3 is 2.68 bits per heavy atom. The molecule has 2 aliphatic heterocycles. The van der Waals surface area contributed by atoms with Crippen molar-refractivity contribution < 1.29 is 28.8 Å². The normalized spacial score (nSPS) is 30.5. The zero-order chi connectivity index (χ0) is 15.5. The summed E-state index contributed by atoms with van der Waals surface area (Å²) in [5.41, 5.74) is 0.867. The van der Waals surface area contributed by atoms with Crippen LogP contribution in [0.5, 0.6) is 5.75 Å². The summed E-state index contributed by atoms with van der Waals surface area (Å²) < 4.78 is 21.2. The van der Waals surface area contributed by atoms with E-state index in [0.29, 0.717) is 0 Å². The van der Waals surface area contributed by atoms with E-state index in [2.05, 4.69) is 0 Å². The van der Waals surface area contributed by atoms with Crippen molar-refractivity contribution in [1.82, 2.24) is 0 Å². The fraction of sp³-hybridized carbons (Fsp3) is 0.438. The molecule has 2 heterocycles. The van der Waals surface area contributed by atoms with Gasteiger partial charge in [-0.15, -0.1) is 0 Å². The number of methoxy groups -OCH3 is 1. The average molecular weight is 306 g/mol. The maximum atomic E-state index is 11.9. The van der Waals surface area contributed by atoms with Crippen LogP contribution in [0, 0.1) is 0 Å². The number of carbonyl (C=O) groups excluding carboxylic acids is 1. The minimum Gasteiger partial charge on any atom is -0.497 e. The zero-order valence-corrected chi connectivity index (χ0v) is 12.2. The maximum absolute atomic E-state index is 11.9.